The fraction of sp³-hybridized carbons (Fsp3) is 0. The van der Waals surface area contributed by atoms with Crippen molar-refractivity contribution < 1.29 is 0 Å². The predicted molar refractivity (Wildman–Crippen MR) is 26.8 cm³/mol. The molecule has 0 radical (unpaired) electrons. The number of hydrogen-bond donors (Lipinski definition) is 0. The van der Waals surface area contributed by atoms with Crippen LogP contribution in [-0.2, 0) is 0 Å². The average Bonchev–Trinajstić information content (AvgIpc) is 1.61. The van der Waals surface area contributed by atoms with Gasteiger partial charge in [0.2, 0.25) is 0 Å². The smallest absolute Gasteiger partial charge is 0.0378 e. The van der Waals surface area contributed by atoms with Gasteiger partial charge in [-0.15, -0.1) is 0 Å². The maximum atomic E-state index is 3.43. The van der Waals surface area contributed by atoms with E-state index in [1.54, 1.807) is 0 Å². The van der Waals surface area contributed by atoms with E-state index in [2.05, 4.69) is 29.8 Å². The lowest BCUT2D eigenvalue weighted by atomic mass is 10.9. The lowest BCUT2D eigenvalue weighted by Gasteiger charge is -1.51. The highest BCUT2D eigenvalue weighted by molar-refractivity contribution is 5.50. The third-order valence-corrected chi connectivity index (χ3v) is 0.235. The molecule has 0 aromatic rings. The van der Waals surface area contributed by atoms with E-state index in [0.29, 0.717) is 0 Å². The van der Waals surface area contributed by atoms with E-state index in [1.807, 2.05) is 0 Å². The third-order valence-electron chi connectivity index (χ3n) is 0.235. The van der Waals surface area contributed by atoms with Gasteiger partial charge in [-0.1, -0.05) is 12.3 Å². The van der Waals surface area contributed by atoms with Crippen molar-refractivity contribution in [2.24, 2.45) is 4.99 Å². The standard InChI is InChI=1S/C5H5N/c1-3-5-6-4-2/h4H,1-2H2. The number of hydrogen-bond acceptors (Lipinski definition) is 1. The maximum Gasteiger partial charge on any atom is 0.0378 e. The Bertz CT molecular complexity index is 112. The van der Waals surface area contributed by atoms with Crippen molar-refractivity contribution in [3.8, 4) is 0 Å². The van der Waals surface area contributed by atoms with E-state index in [1.165, 1.54) is 6.20 Å². The molecule has 0 aliphatic heterocycles. The van der Waals surface area contributed by atoms with Crippen LogP contribution in [0.1, 0.15) is 0 Å². The molecule has 6 heavy (non-hydrogen) atoms. The number of rotatable bonds is 1. The molecule has 30 valence electrons. The second kappa shape index (κ2) is 3.97. The molecule has 0 rings (SSSR count). The Hall–Kier alpha value is -1.03. The van der Waals surface area contributed by atoms with Crippen LogP contribution >= 0.6 is 0 Å². The van der Waals surface area contributed by atoms with Crippen molar-refractivity contribution in [3.63, 3.8) is 0 Å². The zero-order valence-corrected chi connectivity index (χ0v) is 3.44. The van der Waals surface area contributed by atoms with Gasteiger partial charge in [0, 0.05) is 12.1 Å². The summed E-state index contributed by atoms with van der Waals surface area (Å²) in [6.45, 7) is 6.52. The molecule has 1 heteroatoms. The Morgan fingerprint density at radius 2 is 2.33 bits per heavy atom. The Morgan fingerprint density at radius 1 is 1.67 bits per heavy atom. The summed E-state index contributed by atoms with van der Waals surface area (Å²) < 4.78 is 0. The van der Waals surface area contributed by atoms with Gasteiger partial charge in [0.15, 0.2) is 0 Å². The van der Waals surface area contributed by atoms with Crippen LogP contribution in [0.15, 0.2) is 30.1 Å². The molecule has 0 bridgehead atoms. The Morgan fingerprint density at radius 3 is 2.50 bits per heavy atom. The van der Waals surface area contributed by atoms with Crippen molar-refractivity contribution in [3.05, 3.63) is 25.1 Å². The first-order valence-electron chi connectivity index (χ1n) is 1.49. The highest BCUT2D eigenvalue weighted by Gasteiger charge is 1.37. The summed E-state index contributed by atoms with van der Waals surface area (Å²) in [4.78, 5) is 3.43. The van der Waals surface area contributed by atoms with Crippen LogP contribution in [0.4, 0.5) is 0 Å². The molecule has 0 aliphatic rings. The number of aliphatic imine (C=N–C) groups is 1. The molecule has 0 atom stereocenters. The summed E-state index contributed by atoms with van der Waals surface area (Å²) in [6, 6.07) is 0. The molecule has 1 nitrogen and oxygen atoms in total. The van der Waals surface area contributed by atoms with Crippen LogP contribution in [0, 0.1) is 0 Å². The first-order chi connectivity index (χ1) is 2.91. The van der Waals surface area contributed by atoms with Crippen LogP contribution in [-0.4, -0.2) is 5.87 Å². The molecule has 0 fully saturated rings. The van der Waals surface area contributed by atoms with E-state index >= 15 is 0 Å². The van der Waals surface area contributed by atoms with Gasteiger partial charge in [-0.05, 0) is 6.58 Å². The second-order valence-electron chi connectivity index (χ2n) is 0.600. The monoisotopic (exact) mass is 79.0 g/mol. The summed E-state index contributed by atoms with van der Waals surface area (Å²) >= 11 is 0. The average molecular weight is 79.1 g/mol. The molecule has 0 aliphatic carbocycles. The minimum Gasteiger partial charge on any atom is -0.206 e. The summed E-state index contributed by atoms with van der Waals surface area (Å²) in [5, 5.41) is 0. The lowest BCUT2D eigenvalue weighted by molar-refractivity contribution is 1.64. The van der Waals surface area contributed by atoms with Gasteiger partial charge >= 0.3 is 0 Å². The highest BCUT2D eigenvalue weighted by Crippen LogP contribution is 1.54. The van der Waals surface area contributed by atoms with Gasteiger partial charge in [0.1, 0.15) is 0 Å². The molecule has 0 heterocycles. The molecule has 0 amide bonds. The van der Waals surface area contributed by atoms with E-state index in [-0.39, 0.29) is 0 Å². The SMILES string of the molecule is C=C=C=NC=C. The number of nitrogens with zero attached hydrogens (tertiary/aromatic N) is 1. The van der Waals surface area contributed by atoms with E-state index in [4.69, 9.17) is 0 Å². The first-order valence-corrected chi connectivity index (χ1v) is 1.49. The molecule has 0 aromatic carbocycles. The van der Waals surface area contributed by atoms with Crippen molar-refractivity contribution in [1.29, 1.82) is 0 Å². The van der Waals surface area contributed by atoms with Gasteiger partial charge < -0.3 is 0 Å². The summed E-state index contributed by atoms with van der Waals surface area (Å²) in [5.74, 6) is 2.34. The molecule has 0 N–H and O–H groups in total. The molecule has 0 saturated carbocycles. The van der Waals surface area contributed by atoms with Crippen LogP contribution in [0.2, 0.25) is 0 Å². The summed E-state index contributed by atoms with van der Waals surface area (Å²) in [5.41, 5.74) is 2.33. The summed E-state index contributed by atoms with van der Waals surface area (Å²) in [7, 11) is 0. The van der Waals surface area contributed by atoms with Crippen LogP contribution in [0.3, 0.4) is 0 Å². The van der Waals surface area contributed by atoms with Crippen molar-refractivity contribution in [2.75, 3.05) is 0 Å². The van der Waals surface area contributed by atoms with Gasteiger partial charge in [0.25, 0.3) is 0 Å². The Labute approximate surface area is 37.0 Å². The van der Waals surface area contributed by atoms with E-state index in [0.717, 1.165) is 0 Å². The van der Waals surface area contributed by atoms with Crippen LogP contribution in [0.25, 0.3) is 0 Å². The zero-order valence-electron chi connectivity index (χ0n) is 3.44. The second-order valence-corrected chi connectivity index (χ2v) is 0.600. The van der Waals surface area contributed by atoms with Gasteiger partial charge in [-0.2, -0.15) is 0 Å². The van der Waals surface area contributed by atoms with Crippen molar-refractivity contribution in [1.82, 2.24) is 0 Å². The van der Waals surface area contributed by atoms with Gasteiger partial charge in [-0.25, -0.2) is 4.99 Å². The largest absolute Gasteiger partial charge is 0.206 e. The predicted octanol–water partition coefficient (Wildman–Crippen LogP) is 1.14. The molecule has 0 aromatic heterocycles. The maximum absolute atomic E-state index is 3.43. The highest BCUT2D eigenvalue weighted by atomic mass is 14.6. The third kappa shape index (κ3) is 2.97. The van der Waals surface area contributed by atoms with Crippen molar-refractivity contribution in [2.45, 2.75) is 0 Å². The fourth-order valence-corrected chi connectivity index (χ4v) is 0.0913. The lowest BCUT2D eigenvalue weighted by Crippen LogP contribution is -1.38. The Kier molecular flexibility index (Phi) is 3.29. The Balaban J connectivity index is 3.79. The molecule has 0 saturated heterocycles. The molecular weight excluding hydrogens is 74.1 g/mol. The zero-order chi connectivity index (χ0) is 4.83. The quantitative estimate of drug-likeness (QED) is 0.330. The minimum absolute atomic E-state index is 1.37. The molecule has 0 unspecified atom stereocenters. The minimum atomic E-state index is 1.37. The van der Waals surface area contributed by atoms with E-state index in [9.17, 15) is 0 Å². The van der Waals surface area contributed by atoms with Crippen molar-refractivity contribution >= 4 is 5.87 Å². The first kappa shape index (κ1) is 4.97. The van der Waals surface area contributed by atoms with Crippen LogP contribution in [0.5, 0.6) is 0 Å². The van der Waals surface area contributed by atoms with Gasteiger partial charge in [0.05, 0.1) is 0 Å². The van der Waals surface area contributed by atoms with Crippen LogP contribution < -0.4 is 0 Å². The van der Waals surface area contributed by atoms with E-state index < -0.39 is 0 Å². The normalized spacial score (nSPS) is 4.67. The summed E-state index contributed by atoms with van der Waals surface area (Å²) in [6.07, 6.45) is 1.37. The fourth-order valence-electron chi connectivity index (χ4n) is 0.0913. The topological polar surface area (TPSA) is 12.4 Å². The van der Waals surface area contributed by atoms with Gasteiger partial charge in [-0.3, -0.25) is 0 Å². The molecular formula is C5H5N. The molecule has 0 spiro atoms.